The van der Waals surface area contributed by atoms with Crippen molar-refractivity contribution in [2.75, 3.05) is 18.0 Å². The topological polar surface area (TPSA) is 70.7 Å². The minimum Gasteiger partial charge on any atom is -0.489 e. The second-order valence-corrected chi connectivity index (χ2v) is 7.04. The zero-order valence-electron chi connectivity index (χ0n) is 16.1. The van der Waals surface area contributed by atoms with Gasteiger partial charge in [-0.1, -0.05) is 31.4 Å². The van der Waals surface area contributed by atoms with Gasteiger partial charge in [0.15, 0.2) is 0 Å². The second-order valence-electron chi connectivity index (χ2n) is 7.04. The maximum absolute atomic E-state index is 12.1. The van der Waals surface area contributed by atoms with E-state index in [9.17, 15) is 9.59 Å². The lowest BCUT2D eigenvalue weighted by Crippen LogP contribution is -2.45. The highest BCUT2D eigenvalue weighted by Gasteiger charge is 2.18. The molecule has 0 atom stereocenters. The van der Waals surface area contributed by atoms with Gasteiger partial charge in [0.25, 0.3) is 0 Å². The Bertz CT molecular complexity index is 598. The number of para-hydroxylation sites is 2. The van der Waals surface area contributed by atoms with Gasteiger partial charge in [0.05, 0.1) is 11.8 Å². The van der Waals surface area contributed by atoms with Gasteiger partial charge in [0.1, 0.15) is 5.75 Å². The highest BCUT2D eigenvalue weighted by Crippen LogP contribution is 2.28. The number of ether oxygens (including phenoxy) is 1. The molecule has 2 rings (SSSR count). The summed E-state index contributed by atoms with van der Waals surface area (Å²) >= 11 is 0. The van der Waals surface area contributed by atoms with E-state index in [1.807, 2.05) is 38.1 Å². The molecule has 1 aromatic carbocycles. The predicted molar refractivity (Wildman–Crippen MR) is 104 cm³/mol. The highest BCUT2D eigenvalue weighted by molar-refractivity contribution is 5.93. The van der Waals surface area contributed by atoms with Crippen molar-refractivity contribution in [3.63, 3.8) is 0 Å². The summed E-state index contributed by atoms with van der Waals surface area (Å²) in [5.74, 6) is 0.587. The number of hydrogen-bond acceptors (Lipinski definition) is 3. The number of amides is 3. The Morgan fingerprint density at radius 2 is 1.88 bits per heavy atom. The zero-order chi connectivity index (χ0) is 18.9. The first kappa shape index (κ1) is 20.1. The molecule has 1 saturated carbocycles. The standard InChI is InChI=1S/C20H31N3O3/c1-15(2)26-19-12-8-7-11-18(19)23(16(3)24)14-13-21-20(25)22-17-9-5-4-6-10-17/h7-8,11-12,15,17H,4-6,9-10,13-14H2,1-3H3,(H2,21,22,25). The summed E-state index contributed by atoms with van der Waals surface area (Å²) in [4.78, 5) is 25.8. The van der Waals surface area contributed by atoms with Gasteiger partial charge in [-0.15, -0.1) is 0 Å². The van der Waals surface area contributed by atoms with Crippen LogP contribution in [0.4, 0.5) is 10.5 Å². The van der Waals surface area contributed by atoms with Gasteiger partial charge in [-0.25, -0.2) is 4.79 Å². The Morgan fingerprint density at radius 3 is 2.54 bits per heavy atom. The van der Waals surface area contributed by atoms with Crippen molar-refractivity contribution in [3.05, 3.63) is 24.3 Å². The van der Waals surface area contributed by atoms with Crippen LogP contribution < -0.4 is 20.3 Å². The van der Waals surface area contributed by atoms with Gasteiger partial charge >= 0.3 is 6.03 Å². The van der Waals surface area contributed by atoms with Crippen LogP contribution in [0.5, 0.6) is 5.75 Å². The van der Waals surface area contributed by atoms with E-state index in [0.717, 1.165) is 18.5 Å². The third kappa shape index (κ3) is 6.24. The van der Waals surface area contributed by atoms with Crippen LogP contribution in [0.1, 0.15) is 52.9 Å². The van der Waals surface area contributed by atoms with Crippen LogP contribution in [0, 0.1) is 0 Å². The largest absolute Gasteiger partial charge is 0.489 e. The molecule has 1 aliphatic carbocycles. The molecule has 0 saturated heterocycles. The van der Waals surface area contributed by atoms with Gasteiger partial charge in [0, 0.05) is 26.1 Å². The number of urea groups is 1. The second kappa shape index (κ2) is 10.0. The fraction of sp³-hybridized carbons (Fsp3) is 0.600. The van der Waals surface area contributed by atoms with Crippen LogP contribution in [0.15, 0.2) is 24.3 Å². The van der Waals surface area contributed by atoms with Crippen LogP contribution in [0.3, 0.4) is 0 Å². The summed E-state index contributed by atoms with van der Waals surface area (Å²) in [7, 11) is 0. The van der Waals surface area contributed by atoms with Crippen molar-refractivity contribution >= 4 is 17.6 Å². The number of hydrogen-bond donors (Lipinski definition) is 2. The number of benzene rings is 1. The average molecular weight is 361 g/mol. The number of rotatable bonds is 7. The lowest BCUT2D eigenvalue weighted by Gasteiger charge is -2.26. The Morgan fingerprint density at radius 1 is 1.19 bits per heavy atom. The van der Waals surface area contributed by atoms with E-state index < -0.39 is 0 Å². The van der Waals surface area contributed by atoms with Gasteiger partial charge in [-0.2, -0.15) is 0 Å². The van der Waals surface area contributed by atoms with Crippen molar-refractivity contribution < 1.29 is 14.3 Å². The molecule has 26 heavy (non-hydrogen) atoms. The number of carbonyl (C=O) groups is 2. The molecule has 0 radical (unpaired) electrons. The molecule has 0 bridgehead atoms. The van der Waals surface area contributed by atoms with Crippen molar-refractivity contribution in [1.29, 1.82) is 0 Å². The lowest BCUT2D eigenvalue weighted by atomic mass is 9.96. The Hall–Kier alpha value is -2.24. The smallest absolute Gasteiger partial charge is 0.315 e. The molecule has 1 fully saturated rings. The van der Waals surface area contributed by atoms with Crippen molar-refractivity contribution in [2.24, 2.45) is 0 Å². The SMILES string of the molecule is CC(=O)N(CCNC(=O)NC1CCCCC1)c1ccccc1OC(C)C. The first-order valence-corrected chi connectivity index (χ1v) is 9.55. The number of carbonyl (C=O) groups excluding carboxylic acids is 2. The van der Waals surface area contributed by atoms with Crippen LogP contribution in [-0.2, 0) is 4.79 Å². The Kier molecular flexibility index (Phi) is 7.75. The van der Waals surface area contributed by atoms with Crippen molar-refractivity contribution in [1.82, 2.24) is 10.6 Å². The summed E-state index contributed by atoms with van der Waals surface area (Å²) in [6, 6.07) is 7.59. The van der Waals surface area contributed by atoms with Crippen LogP contribution >= 0.6 is 0 Å². The number of nitrogens with one attached hydrogen (secondary N) is 2. The maximum atomic E-state index is 12.1. The quantitative estimate of drug-likeness (QED) is 0.781. The van der Waals surface area contributed by atoms with Gasteiger partial charge < -0.3 is 20.3 Å². The lowest BCUT2D eigenvalue weighted by molar-refractivity contribution is -0.116. The molecule has 0 unspecified atom stereocenters. The summed E-state index contributed by atoms with van der Waals surface area (Å²) in [5, 5.41) is 5.88. The molecule has 0 heterocycles. The van der Waals surface area contributed by atoms with Crippen LogP contribution in [-0.4, -0.2) is 37.2 Å². The van der Waals surface area contributed by atoms with Crippen molar-refractivity contribution in [2.45, 2.75) is 65.0 Å². The van der Waals surface area contributed by atoms with Gasteiger partial charge in [-0.05, 0) is 38.8 Å². The van der Waals surface area contributed by atoms with Crippen molar-refractivity contribution in [3.8, 4) is 5.75 Å². The third-order valence-corrected chi connectivity index (χ3v) is 4.46. The van der Waals surface area contributed by atoms with Crippen LogP contribution in [0.25, 0.3) is 0 Å². The molecule has 0 spiro atoms. The molecule has 0 aliphatic heterocycles. The molecule has 1 aromatic rings. The minimum absolute atomic E-state index is 0.0179. The van der Waals surface area contributed by atoms with Gasteiger partial charge in [0.2, 0.25) is 5.91 Å². The molecule has 3 amide bonds. The fourth-order valence-electron chi connectivity index (χ4n) is 3.25. The molecule has 6 nitrogen and oxygen atoms in total. The van der Waals surface area contributed by atoms with E-state index in [2.05, 4.69) is 10.6 Å². The summed E-state index contributed by atoms with van der Waals surface area (Å²) < 4.78 is 5.81. The average Bonchev–Trinajstić information content (AvgIpc) is 2.60. The highest BCUT2D eigenvalue weighted by atomic mass is 16.5. The fourth-order valence-corrected chi connectivity index (χ4v) is 3.25. The molecule has 1 aliphatic rings. The minimum atomic E-state index is -0.160. The van der Waals surface area contributed by atoms with Gasteiger partial charge in [-0.3, -0.25) is 4.79 Å². The first-order chi connectivity index (χ1) is 12.5. The zero-order valence-corrected chi connectivity index (χ0v) is 16.1. The molecule has 6 heteroatoms. The number of nitrogens with zero attached hydrogens (tertiary/aromatic N) is 1. The Balaban J connectivity index is 1.90. The predicted octanol–water partition coefficient (Wildman–Crippen LogP) is 3.46. The van der Waals surface area contributed by atoms with Crippen LogP contribution in [0.2, 0.25) is 0 Å². The monoisotopic (exact) mass is 361 g/mol. The summed E-state index contributed by atoms with van der Waals surface area (Å²) in [6.07, 6.45) is 5.72. The maximum Gasteiger partial charge on any atom is 0.315 e. The summed E-state index contributed by atoms with van der Waals surface area (Å²) in [5.41, 5.74) is 0.725. The molecule has 2 N–H and O–H groups in total. The van der Waals surface area contributed by atoms with E-state index in [0.29, 0.717) is 18.8 Å². The Labute approximate surface area is 156 Å². The number of anilines is 1. The molecule has 144 valence electrons. The molecular weight excluding hydrogens is 330 g/mol. The normalized spacial score (nSPS) is 14.8. The van der Waals surface area contributed by atoms with E-state index in [1.165, 1.54) is 26.2 Å². The third-order valence-electron chi connectivity index (χ3n) is 4.46. The van der Waals surface area contributed by atoms with E-state index in [4.69, 9.17) is 4.74 Å². The summed E-state index contributed by atoms with van der Waals surface area (Å²) in [6.45, 7) is 6.20. The van der Waals surface area contributed by atoms with E-state index in [-0.39, 0.29) is 24.1 Å². The first-order valence-electron chi connectivity index (χ1n) is 9.55. The molecule has 0 aromatic heterocycles. The molecular formula is C20H31N3O3. The van der Waals surface area contributed by atoms with E-state index >= 15 is 0 Å². The van der Waals surface area contributed by atoms with E-state index in [1.54, 1.807) is 4.90 Å².